The quantitative estimate of drug-likeness (QED) is 0.452. The second-order valence-corrected chi connectivity index (χ2v) is 9.34. The van der Waals surface area contributed by atoms with Crippen molar-refractivity contribution in [2.24, 2.45) is 0 Å². The molecule has 3 aromatic carbocycles. The molecule has 1 fully saturated rings. The minimum absolute atomic E-state index is 0.142. The first-order chi connectivity index (χ1) is 18.3. The van der Waals surface area contributed by atoms with Crippen LogP contribution in [0.3, 0.4) is 0 Å². The molecule has 198 valence electrons. The fourth-order valence-electron chi connectivity index (χ4n) is 4.54. The van der Waals surface area contributed by atoms with Gasteiger partial charge in [-0.25, -0.2) is 4.39 Å². The largest absolute Gasteiger partial charge is 0.367 e. The van der Waals surface area contributed by atoms with Crippen molar-refractivity contribution in [3.8, 4) is 0 Å². The number of carbonyl (C=O) groups excluding carboxylic acids is 3. The number of benzene rings is 3. The molecule has 1 N–H and O–H groups in total. The third-order valence-corrected chi connectivity index (χ3v) is 6.96. The third-order valence-electron chi connectivity index (χ3n) is 6.63. The van der Waals surface area contributed by atoms with Crippen LogP contribution in [0.15, 0.2) is 66.7 Å². The monoisotopic (exact) mass is 536 g/mol. The Morgan fingerprint density at radius 3 is 2.26 bits per heavy atom. The molecule has 0 spiro atoms. The van der Waals surface area contributed by atoms with Crippen molar-refractivity contribution < 1.29 is 18.8 Å². The van der Waals surface area contributed by atoms with Gasteiger partial charge in [-0.05, 0) is 62.4 Å². The summed E-state index contributed by atoms with van der Waals surface area (Å²) < 4.78 is 13.6. The molecule has 0 saturated carbocycles. The molecule has 4 rings (SSSR count). The van der Waals surface area contributed by atoms with Gasteiger partial charge in [0.25, 0.3) is 17.7 Å². The highest BCUT2D eigenvalue weighted by molar-refractivity contribution is 6.34. The maximum Gasteiger partial charge on any atom is 0.257 e. The topological polar surface area (TPSA) is 73.0 Å². The molecule has 0 unspecified atom stereocenters. The van der Waals surface area contributed by atoms with Crippen molar-refractivity contribution in [1.29, 1.82) is 0 Å². The summed E-state index contributed by atoms with van der Waals surface area (Å²) in [5.74, 6) is -1.18. The van der Waals surface area contributed by atoms with Crippen LogP contribution in [-0.4, -0.2) is 66.8 Å². The van der Waals surface area contributed by atoms with E-state index >= 15 is 0 Å². The van der Waals surface area contributed by atoms with E-state index < -0.39 is 5.82 Å². The van der Waals surface area contributed by atoms with Crippen molar-refractivity contribution >= 4 is 40.7 Å². The molecule has 38 heavy (non-hydrogen) atoms. The van der Waals surface area contributed by atoms with Gasteiger partial charge in [0.2, 0.25) is 0 Å². The van der Waals surface area contributed by atoms with Gasteiger partial charge in [0.15, 0.2) is 0 Å². The van der Waals surface area contributed by atoms with Gasteiger partial charge in [-0.2, -0.15) is 0 Å². The van der Waals surface area contributed by atoms with Crippen LogP contribution in [0, 0.1) is 5.82 Å². The molecule has 9 heteroatoms. The average Bonchev–Trinajstić information content (AvgIpc) is 2.93. The van der Waals surface area contributed by atoms with Crippen LogP contribution in [0.2, 0.25) is 5.02 Å². The molecule has 0 aliphatic carbocycles. The molecule has 3 aromatic rings. The van der Waals surface area contributed by atoms with Gasteiger partial charge in [-0.15, -0.1) is 0 Å². The van der Waals surface area contributed by atoms with Gasteiger partial charge in [-0.3, -0.25) is 14.4 Å². The lowest BCUT2D eigenvalue weighted by molar-refractivity contribution is 0.0740. The zero-order chi connectivity index (χ0) is 27.2. The summed E-state index contributed by atoms with van der Waals surface area (Å²) in [5, 5.41) is 3.19. The lowest BCUT2D eigenvalue weighted by atomic mass is 10.1. The molecule has 0 bridgehead atoms. The number of nitrogens with zero attached hydrogens (tertiary/aromatic N) is 3. The SMILES string of the molecule is CCN(CC)C(=O)c1cc(NC(=O)c2ccccc2Cl)ccc1N1CCN(C(=O)c2cccc(F)c2)CC1. The van der Waals surface area contributed by atoms with Gasteiger partial charge in [0, 0.05) is 56.2 Å². The second-order valence-electron chi connectivity index (χ2n) is 8.93. The van der Waals surface area contributed by atoms with Crippen LogP contribution >= 0.6 is 11.6 Å². The van der Waals surface area contributed by atoms with Gasteiger partial charge in [0.1, 0.15) is 5.82 Å². The highest BCUT2D eigenvalue weighted by atomic mass is 35.5. The molecule has 0 atom stereocenters. The van der Waals surface area contributed by atoms with Gasteiger partial charge >= 0.3 is 0 Å². The molecule has 3 amide bonds. The Morgan fingerprint density at radius 2 is 1.61 bits per heavy atom. The van der Waals surface area contributed by atoms with E-state index in [9.17, 15) is 18.8 Å². The zero-order valence-corrected chi connectivity index (χ0v) is 22.2. The van der Waals surface area contributed by atoms with E-state index in [4.69, 9.17) is 11.6 Å². The van der Waals surface area contributed by atoms with Crippen LogP contribution in [0.4, 0.5) is 15.8 Å². The van der Waals surface area contributed by atoms with E-state index in [0.29, 0.717) is 66.7 Å². The lowest BCUT2D eigenvalue weighted by Gasteiger charge is -2.37. The number of hydrogen-bond donors (Lipinski definition) is 1. The molecule has 7 nitrogen and oxygen atoms in total. The highest BCUT2D eigenvalue weighted by Crippen LogP contribution is 2.28. The number of hydrogen-bond acceptors (Lipinski definition) is 4. The van der Waals surface area contributed by atoms with E-state index in [1.54, 1.807) is 52.3 Å². The molecule has 0 aromatic heterocycles. The minimum atomic E-state index is -0.448. The Balaban J connectivity index is 1.56. The number of carbonyl (C=O) groups is 3. The van der Waals surface area contributed by atoms with Crippen molar-refractivity contribution in [3.63, 3.8) is 0 Å². The Morgan fingerprint density at radius 1 is 0.895 bits per heavy atom. The van der Waals surface area contributed by atoms with Crippen molar-refractivity contribution in [2.75, 3.05) is 49.5 Å². The molecular weight excluding hydrogens is 507 g/mol. The standard InChI is InChI=1S/C29H30ClFN4O3/c1-3-33(4-2)29(38)24-19-22(32-27(36)23-10-5-6-11-25(23)30)12-13-26(24)34-14-16-35(17-15-34)28(37)20-8-7-9-21(31)18-20/h5-13,18-19H,3-4,14-17H2,1-2H3,(H,32,36). The van der Waals surface area contributed by atoms with Crippen molar-refractivity contribution in [2.45, 2.75) is 13.8 Å². The fourth-order valence-corrected chi connectivity index (χ4v) is 4.76. The predicted molar refractivity (Wildman–Crippen MR) is 148 cm³/mol. The van der Waals surface area contributed by atoms with Gasteiger partial charge < -0.3 is 20.0 Å². The third kappa shape index (κ3) is 5.97. The lowest BCUT2D eigenvalue weighted by Crippen LogP contribution is -2.49. The first-order valence-electron chi connectivity index (χ1n) is 12.6. The summed E-state index contributed by atoms with van der Waals surface area (Å²) in [6.45, 7) is 6.79. The van der Waals surface area contributed by atoms with Crippen LogP contribution < -0.4 is 10.2 Å². The number of nitrogens with one attached hydrogen (secondary N) is 1. The van der Waals surface area contributed by atoms with E-state index in [0.717, 1.165) is 5.69 Å². The first-order valence-corrected chi connectivity index (χ1v) is 13.0. The maximum absolute atomic E-state index is 13.6. The van der Waals surface area contributed by atoms with Gasteiger partial charge in [-0.1, -0.05) is 29.8 Å². The summed E-state index contributed by atoms with van der Waals surface area (Å²) in [6, 6.07) is 17.7. The smallest absolute Gasteiger partial charge is 0.257 e. The minimum Gasteiger partial charge on any atom is -0.367 e. The predicted octanol–water partition coefficient (Wildman–Crippen LogP) is 5.18. The van der Waals surface area contributed by atoms with E-state index in [1.165, 1.54) is 18.2 Å². The number of piperazine rings is 1. The molecule has 1 heterocycles. The summed E-state index contributed by atoms with van der Waals surface area (Å²) in [6.07, 6.45) is 0. The number of amides is 3. The van der Waals surface area contributed by atoms with E-state index in [-0.39, 0.29) is 17.7 Å². The average molecular weight is 537 g/mol. The molecule has 1 aliphatic rings. The maximum atomic E-state index is 13.6. The number of rotatable bonds is 7. The van der Waals surface area contributed by atoms with E-state index in [2.05, 4.69) is 10.2 Å². The zero-order valence-electron chi connectivity index (χ0n) is 21.4. The number of halogens is 2. The van der Waals surface area contributed by atoms with Crippen LogP contribution in [0.25, 0.3) is 0 Å². The van der Waals surface area contributed by atoms with Crippen LogP contribution in [-0.2, 0) is 0 Å². The molecule has 1 saturated heterocycles. The highest BCUT2D eigenvalue weighted by Gasteiger charge is 2.27. The van der Waals surface area contributed by atoms with Crippen LogP contribution in [0.1, 0.15) is 44.9 Å². The van der Waals surface area contributed by atoms with Crippen LogP contribution in [0.5, 0.6) is 0 Å². The molecule has 1 aliphatic heterocycles. The Hall–Kier alpha value is -3.91. The van der Waals surface area contributed by atoms with E-state index in [1.807, 2.05) is 19.9 Å². The fraction of sp³-hybridized carbons (Fsp3) is 0.276. The Bertz CT molecular complexity index is 1340. The normalized spacial score (nSPS) is 13.3. The molecular formula is C29H30ClFN4O3. The summed E-state index contributed by atoms with van der Waals surface area (Å²) in [5.41, 5.74) is 2.34. The Kier molecular flexibility index (Phi) is 8.63. The molecule has 0 radical (unpaired) electrons. The second kappa shape index (κ2) is 12.1. The van der Waals surface area contributed by atoms with Crippen molar-refractivity contribution in [3.05, 3.63) is 94.3 Å². The summed E-state index contributed by atoms with van der Waals surface area (Å²) in [7, 11) is 0. The number of anilines is 2. The van der Waals surface area contributed by atoms with Crippen molar-refractivity contribution in [1.82, 2.24) is 9.80 Å². The Labute approximate surface area is 226 Å². The summed E-state index contributed by atoms with van der Waals surface area (Å²) >= 11 is 6.18. The van der Waals surface area contributed by atoms with Gasteiger partial charge in [0.05, 0.1) is 16.1 Å². The summed E-state index contributed by atoms with van der Waals surface area (Å²) in [4.78, 5) is 44.6. The first kappa shape index (κ1) is 27.1.